The van der Waals surface area contributed by atoms with E-state index in [2.05, 4.69) is 57.2 Å². The van der Waals surface area contributed by atoms with Gasteiger partial charge in [-0.3, -0.25) is 14.4 Å². The Morgan fingerprint density at radius 2 is 0.434 bits per heavy atom. The third-order valence-electron chi connectivity index (χ3n) is 17.1. The standard InChI is InChI=1S/C77H144O6/c1-4-7-10-13-16-19-22-25-28-31-34-36-37-38-39-41-43-46-49-52-55-58-61-64-67-70-76(79)82-73-74(72-81-75(78)69-66-63-60-57-54-51-48-45-42-33-30-27-24-21-18-15-12-9-6-3)83-77(80)71-68-65-62-59-56-53-50-47-44-40-35-32-29-26-23-20-17-14-11-8-5-2/h23,26,32,35,44,47,74H,4-22,24-25,27-31,33-34,36-43,45-46,48-73H2,1-3H3/b26-23-,35-32-,47-44-. The minimum absolute atomic E-state index is 0.0715. The van der Waals surface area contributed by atoms with Gasteiger partial charge in [-0.05, 0) is 57.8 Å². The lowest BCUT2D eigenvalue weighted by atomic mass is 10.0. The van der Waals surface area contributed by atoms with Gasteiger partial charge in [0.15, 0.2) is 6.10 Å². The van der Waals surface area contributed by atoms with Crippen molar-refractivity contribution in [2.24, 2.45) is 0 Å². The second-order valence-electron chi connectivity index (χ2n) is 25.6. The van der Waals surface area contributed by atoms with Crippen LogP contribution in [0.5, 0.6) is 0 Å². The molecule has 0 amide bonds. The summed E-state index contributed by atoms with van der Waals surface area (Å²) in [5.74, 6) is -0.849. The number of carbonyl (C=O) groups excluding carboxylic acids is 3. The quantitative estimate of drug-likeness (QED) is 0.0261. The van der Waals surface area contributed by atoms with Gasteiger partial charge >= 0.3 is 17.9 Å². The number of ether oxygens (including phenoxy) is 3. The second kappa shape index (κ2) is 72.1. The summed E-state index contributed by atoms with van der Waals surface area (Å²) in [4.78, 5) is 38.6. The van der Waals surface area contributed by atoms with Crippen molar-refractivity contribution in [1.29, 1.82) is 0 Å². The van der Waals surface area contributed by atoms with Crippen LogP contribution in [0.15, 0.2) is 36.5 Å². The Morgan fingerprint density at radius 1 is 0.241 bits per heavy atom. The zero-order chi connectivity index (χ0) is 59.9. The zero-order valence-electron chi connectivity index (χ0n) is 56.2. The highest BCUT2D eigenvalue weighted by molar-refractivity contribution is 5.71. The Hall–Kier alpha value is -2.37. The van der Waals surface area contributed by atoms with Crippen molar-refractivity contribution in [3.05, 3.63) is 36.5 Å². The molecule has 0 rings (SSSR count). The number of hydrogen-bond acceptors (Lipinski definition) is 6. The maximum atomic E-state index is 13.0. The number of allylic oxidation sites excluding steroid dienone is 6. The monoisotopic (exact) mass is 1170 g/mol. The van der Waals surface area contributed by atoms with Gasteiger partial charge in [0.2, 0.25) is 0 Å². The first-order valence-corrected chi connectivity index (χ1v) is 37.5. The Morgan fingerprint density at radius 3 is 0.675 bits per heavy atom. The van der Waals surface area contributed by atoms with E-state index in [9.17, 15) is 14.4 Å². The SMILES string of the molecule is CCCCCCC/C=C\C/C=C\C/C=C\CCCCCCCCC(=O)OC(COC(=O)CCCCCCCCCCCCCCCCCCCCC)COC(=O)CCCCCCCCCCCCCCCCCCCCCCCCCCC. The lowest BCUT2D eigenvalue weighted by Crippen LogP contribution is -2.30. The van der Waals surface area contributed by atoms with Crippen LogP contribution in [0.1, 0.15) is 419 Å². The maximum absolute atomic E-state index is 13.0. The van der Waals surface area contributed by atoms with E-state index < -0.39 is 6.10 Å². The molecule has 0 fully saturated rings. The molecule has 0 saturated heterocycles. The Bertz CT molecular complexity index is 1380. The van der Waals surface area contributed by atoms with Crippen LogP contribution in [0.4, 0.5) is 0 Å². The fourth-order valence-electron chi connectivity index (χ4n) is 11.5. The van der Waals surface area contributed by atoms with E-state index >= 15 is 0 Å². The molecule has 0 aliphatic rings. The number of esters is 3. The average molecular weight is 1170 g/mol. The minimum atomic E-state index is -0.778. The average Bonchev–Trinajstić information content (AvgIpc) is 3.50. The summed E-state index contributed by atoms with van der Waals surface area (Å²) >= 11 is 0. The van der Waals surface area contributed by atoms with Crippen LogP contribution in [0.25, 0.3) is 0 Å². The summed E-state index contributed by atoms with van der Waals surface area (Å²) in [5, 5.41) is 0. The van der Waals surface area contributed by atoms with Crippen molar-refractivity contribution in [2.75, 3.05) is 13.2 Å². The fourth-order valence-corrected chi connectivity index (χ4v) is 11.5. The zero-order valence-corrected chi connectivity index (χ0v) is 56.2. The maximum Gasteiger partial charge on any atom is 0.306 e. The summed E-state index contributed by atoms with van der Waals surface area (Å²) in [5.41, 5.74) is 0. The number of rotatable bonds is 70. The number of hydrogen-bond donors (Lipinski definition) is 0. The third-order valence-corrected chi connectivity index (χ3v) is 17.1. The molecule has 6 nitrogen and oxygen atoms in total. The summed E-state index contributed by atoms with van der Waals surface area (Å²) in [6.45, 7) is 6.71. The molecule has 0 aromatic carbocycles. The van der Waals surface area contributed by atoms with E-state index in [0.29, 0.717) is 19.3 Å². The van der Waals surface area contributed by atoms with E-state index in [1.165, 1.54) is 302 Å². The molecule has 1 atom stereocenters. The second-order valence-corrected chi connectivity index (χ2v) is 25.6. The first kappa shape index (κ1) is 80.6. The fraction of sp³-hybridized carbons (Fsp3) is 0.883. The van der Waals surface area contributed by atoms with Crippen LogP contribution in [0.3, 0.4) is 0 Å². The van der Waals surface area contributed by atoms with E-state index in [1.807, 2.05) is 0 Å². The highest BCUT2D eigenvalue weighted by atomic mass is 16.6. The molecule has 0 aliphatic heterocycles. The molecular weight excluding hydrogens is 1020 g/mol. The summed E-state index contributed by atoms with van der Waals surface area (Å²) in [6.07, 6.45) is 90.4. The van der Waals surface area contributed by atoms with E-state index in [1.54, 1.807) is 0 Å². The van der Waals surface area contributed by atoms with Gasteiger partial charge in [-0.15, -0.1) is 0 Å². The van der Waals surface area contributed by atoms with Crippen LogP contribution < -0.4 is 0 Å². The highest BCUT2D eigenvalue weighted by Gasteiger charge is 2.20. The van der Waals surface area contributed by atoms with Gasteiger partial charge in [0, 0.05) is 19.3 Å². The lowest BCUT2D eigenvalue weighted by molar-refractivity contribution is -0.167. The predicted octanol–water partition coefficient (Wildman–Crippen LogP) is 25.9. The third kappa shape index (κ3) is 70.3. The van der Waals surface area contributed by atoms with Gasteiger partial charge in [0.1, 0.15) is 13.2 Å². The number of unbranched alkanes of at least 4 members (excludes halogenated alkanes) is 53. The topological polar surface area (TPSA) is 78.9 Å². The smallest absolute Gasteiger partial charge is 0.306 e. The first-order chi connectivity index (χ1) is 41.0. The first-order valence-electron chi connectivity index (χ1n) is 37.5. The highest BCUT2D eigenvalue weighted by Crippen LogP contribution is 2.19. The van der Waals surface area contributed by atoms with Crippen molar-refractivity contribution in [2.45, 2.75) is 425 Å². The molecule has 83 heavy (non-hydrogen) atoms. The normalized spacial score (nSPS) is 12.2. The molecule has 0 aromatic rings. The molecule has 0 aromatic heterocycles. The summed E-state index contributed by atoms with van der Waals surface area (Å²) in [7, 11) is 0. The minimum Gasteiger partial charge on any atom is -0.462 e. The van der Waals surface area contributed by atoms with E-state index in [4.69, 9.17) is 14.2 Å². The van der Waals surface area contributed by atoms with Gasteiger partial charge in [0.05, 0.1) is 0 Å². The van der Waals surface area contributed by atoms with Crippen molar-refractivity contribution in [1.82, 2.24) is 0 Å². The molecule has 0 spiro atoms. The van der Waals surface area contributed by atoms with Gasteiger partial charge in [-0.1, -0.05) is 378 Å². The van der Waals surface area contributed by atoms with Gasteiger partial charge in [-0.25, -0.2) is 0 Å². The predicted molar refractivity (Wildman–Crippen MR) is 362 cm³/mol. The van der Waals surface area contributed by atoms with Crippen LogP contribution in [-0.2, 0) is 28.6 Å². The van der Waals surface area contributed by atoms with Crippen LogP contribution in [-0.4, -0.2) is 37.2 Å². The Kier molecular flexibility index (Phi) is 70.0. The van der Waals surface area contributed by atoms with Crippen LogP contribution in [0, 0.1) is 0 Å². The molecule has 0 N–H and O–H groups in total. The van der Waals surface area contributed by atoms with E-state index in [0.717, 1.165) is 77.0 Å². The lowest BCUT2D eigenvalue weighted by Gasteiger charge is -2.18. The molecule has 0 aliphatic carbocycles. The number of carbonyl (C=O) groups is 3. The molecular formula is C77H144O6. The Labute approximate surface area is 518 Å². The molecule has 0 heterocycles. The molecule has 6 heteroatoms. The summed E-state index contributed by atoms with van der Waals surface area (Å²) in [6, 6.07) is 0. The summed E-state index contributed by atoms with van der Waals surface area (Å²) < 4.78 is 17.0. The van der Waals surface area contributed by atoms with Crippen molar-refractivity contribution < 1.29 is 28.6 Å². The molecule has 0 saturated carbocycles. The van der Waals surface area contributed by atoms with Crippen LogP contribution >= 0.6 is 0 Å². The molecule has 488 valence electrons. The molecule has 0 radical (unpaired) electrons. The van der Waals surface area contributed by atoms with Crippen LogP contribution in [0.2, 0.25) is 0 Å². The van der Waals surface area contributed by atoms with Crippen molar-refractivity contribution in [3.63, 3.8) is 0 Å². The van der Waals surface area contributed by atoms with Gasteiger partial charge < -0.3 is 14.2 Å². The largest absolute Gasteiger partial charge is 0.462 e. The van der Waals surface area contributed by atoms with E-state index in [-0.39, 0.29) is 31.1 Å². The molecule has 0 bridgehead atoms. The Balaban J connectivity index is 4.31. The van der Waals surface area contributed by atoms with Crippen molar-refractivity contribution >= 4 is 17.9 Å². The van der Waals surface area contributed by atoms with Gasteiger partial charge in [0.25, 0.3) is 0 Å². The molecule has 1 unspecified atom stereocenters. The van der Waals surface area contributed by atoms with Crippen molar-refractivity contribution in [3.8, 4) is 0 Å². The van der Waals surface area contributed by atoms with Gasteiger partial charge in [-0.2, -0.15) is 0 Å².